The maximum atomic E-state index is 11.5. The molecule has 0 fully saturated rings. The Balaban J connectivity index is 2.17. The molecule has 4 nitrogen and oxygen atoms in total. The van der Waals surface area contributed by atoms with Crippen molar-refractivity contribution in [1.29, 1.82) is 0 Å². The van der Waals surface area contributed by atoms with Crippen LogP contribution in [0.2, 0.25) is 0 Å². The number of nitrogens with one attached hydrogen (secondary N) is 1. The van der Waals surface area contributed by atoms with Gasteiger partial charge >= 0.3 is 5.97 Å². The Hall–Kier alpha value is -1.32. The molecule has 1 aliphatic rings. The van der Waals surface area contributed by atoms with Gasteiger partial charge in [-0.1, -0.05) is 12.2 Å². The molecule has 0 radical (unpaired) electrons. The molecule has 4 heteroatoms. The Kier molecular flexibility index (Phi) is 4.73. The van der Waals surface area contributed by atoms with Crippen molar-refractivity contribution >= 4 is 11.9 Å². The summed E-state index contributed by atoms with van der Waals surface area (Å²) < 4.78 is 5.13. The number of carbonyl (C=O) groups excluding carboxylic acids is 2. The average Bonchev–Trinajstić information content (AvgIpc) is 2.64. The quantitative estimate of drug-likeness (QED) is 0.602. The SMILES string of the molecule is CC(C)(C)OC(=O)CCC(=O)NC1CC=CC1. The van der Waals surface area contributed by atoms with Gasteiger partial charge in [0.15, 0.2) is 0 Å². The molecule has 0 atom stereocenters. The van der Waals surface area contributed by atoms with Gasteiger partial charge in [0.25, 0.3) is 0 Å². The van der Waals surface area contributed by atoms with Crippen molar-refractivity contribution in [2.75, 3.05) is 0 Å². The van der Waals surface area contributed by atoms with E-state index in [4.69, 9.17) is 4.74 Å². The lowest BCUT2D eigenvalue weighted by Gasteiger charge is -2.19. The first kappa shape index (κ1) is 13.7. The van der Waals surface area contributed by atoms with E-state index in [-0.39, 0.29) is 30.8 Å². The zero-order valence-corrected chi connectivity index (χ0v) is 10.8. The second-order valence-corrected chi connectivity index (χ2v) is 5.29. The molecule has 0 bridgehead atoms. The van der Waals surface area contributed by atoms with Crippen LogP contribution in [0, 0.1) is 0 Å². The van der Waals surface area contributed by atoms with Crippen molar-refractivity contribution in [2.24, 2.45) is 0 Å². The zero-order chi connectivity index (χ0) is 12.9. The van der Waals surface area contributed by atoms with E-state index < -0.39 is 5.60 Å². The van der Waals surface area contributed by atoms with Crippen molar-refractivity contribution < 1.29 is 14.3 Å². The summed E-state index contributed by atoms with van der Waals surface area (Å²) in [4.78, 5) is 22.9. The first-order valence-corrected chi connectivity index (χ1v) is 6.03. The summed E-state index contributed by atoms with van der Waals surface area (Å²) in [5.41, 5.74) is -0.483. The Morgan fingerprint density at radius 1 is 1.24 bits per heavy atom. The molecule has 0 unspecified atom stereocenters. The number of esters is 1. The highest BCUT2D eigenvalue weighted by atomic mass is 16.6. The van der Waals surface area contributed by atoms with Crippen LogP contribution in [0.3, 0.4) is 0 Å². The molecule has 0 aromatic rings. The monoisotopic (exact) mass is 239 g/mol. The first-order chi connectivity index (χ1) is 7.87. The van der Waals surface area contributed by atoms with Gasteiger partial charge in [-0.3, -0.25) is 9.59 Å². The van der Waals surface area contributed by atoms with E-state index in [0.717, 1.165) is 12.8 Å². The van der Waals surface area contributed by atoms with Crippen LogP contribution in [-0.4, -0.2) is 23.5 Å². The summed E-state index contributed by atoms with van der Waals surface area (Å²) in [5, 5.41) is 2.89. The molecule has 0 aromatic carbocycles. The van der Waals surface area contributed by atoms with E-state index >= 15 is 0 Å². The highest BCUT2D eigenvalue weighted by Crippen LogP contribution is 2.11. The molecule has 96 valence electrons. The molecule has 1 N–H and O–H groups in total. The van der Waals surface area contributed by atoms with E-state index in [2.05, 4.69) is 17.5 Å². The third-order valence-electron chi connectivity index (χ3n) is 2.35. The summed E-state index contributed by atoms with van der Waals surface area (Å²) >= 11 is 0. The van der Waals surface area contributed by atoms with Gasteiger partial charge in [0.1, 0.15) is 5.60 Å². The molecule has 0 aliphatic heterocycles. The molecule has 0 spiro atoms. The highest BCUT2D eigenvalue weighted by Gasteiger charge is 2.18. The number of hydrogen-bond acceptors (Lipinski definition) is 3. The zero-order valence-electron chi connectivity index (χ0n) is 10.8. The maximum Gasteiger partial charge on any atom is 0.306 e. The Labute approximate surface area is 102 Å². The van der Waals surface area contributed by atoms with E-state index in [1.165, 1.54) is 0 Å². The third-order valence-corrected chi connectivity index (χ3v) is 2.35. The van der Waals surface area contributed by atoms with Gasteiger partial charge in [-0.25, -0.2) is 0 Å². The lowest BCUT2D eigenvalue weighted by molar-refractivity contribution is -0.155. The first-order valence-electron chi connectivity index (χ1n) is 6.03. The fourth-order valence-electron chi connectivity index (χ4n) is 1.64. The molecule has 0 aromatic heterocycles. The summed E-state index contributed by atoms with van der Waals surface area (Å²) in [6.07, 6.45) is 6.22. The van der Waals surface area contributed by atoms with Gasteiger partial charge in [0.05, 0.1) is 6.42 Å². The van der Waals surface area contributed by atoms with Crippen LogP contribution in [0.1, 0.15) is 46.5 Å². The van der Waals surface area contributed by atoms with Crippen LogP contribution >= 0.6 is 0 Å². The number of hydrogen-bond donors (Lipinski definition) is 1. The van der Waals surface area contributed by atoms with Crippen molar-refractivity contribution in [1.82, 2.24) is 5.32 Å². The summed E-state index contributed by atoms with van der Waals surface area (Å²) in [7, 11) is 0. The molecule has 17 heavy (non-hydrogen) atoms. The molecule has 0 saturated heterocycles. The fourth-order valence-corrected chi connectivity index (χ4v) is 1.64. The molecule has 0 saturated carbocycles. The van der Waals surface area contributed by atoms with Gasteiger partial charge in [-0.05, 0) is 33.6 Å². The maximum absolute atomic E-state index is 11.5. The summed E-state index contributed by atoms with van der Waals surface area (Å²) in [6, 6.07) is 0.209. The lowest BCUT2D eigenvalue weighted by Crippen LogP contribution is -2.33. The largest absolute Gasteiger partial charge is 0.460 e. The second-order valence-electron chi connectivity index (χ2n) is 5.29. The van der Waals surface area contributed by atoms with Gasteiger partial charge in [0.2, 0.25) is 5.91 Å². The topological polar surface area (TPSA) is 55.4 Å². The Morgan fingerprint density at radius 3 is 2.35 bits per heavy atom. The van der Waals surface area contributed by atoms with Crippen LogP contribution in [-0.2, 0) is 14.3 Å². The highest BCUT2D eigenvalue weighted by molar-refractivity contribution is 5.81. The minimum absolute atomic E-state index is 0.0791. The van der Waals surface area contributed by atoms with Crippen LogP contribution in [0.15, 0.2) is 12.2 Å². The smallest absolute Gasteiger partial charge is 0.306 e. The van der Waals surface area contributed by atoms with Crippen LogP contribution in [0.25, 0.3) is 0 Å². The molecule has 1 rings (SSSR count). The van der Waals surface area contributed by atoms with Gasteiger partial charge < -0.3 is 10.1 Å². The molecular formula is C13H21NO3. The summed E-state index contributed by atoms with van der Waals surface area (Å²) in [5.74, 6) is -0.401. The molecule has 1 aliphatic carbocycles. The van der Waals surface area contributed by atoms with E-state index in [1.54, 1.807) is 0 Å². The number of carbonyl (C=O) groups is 2. The van der Waals surface area contributed by atoms with E-state index in [1.807, 2.05) is 20.8 Å². The van der Waals surface area contributed by atoms with Crippen LogP contribution < -0.4 is 5.32 Å². The Bertz CT molecular complexity index is 307. The van der Waals surface area contributed by atoms with E-state index in [9.17, 15) is 9.59 Å². The van der Waals surface area contributed by atoms with Crippen molar-refractivity contribution in [3.05, 3.63) is 12.2 Å². The number of amides is 1. The van der Waals surface area contributed by atoms with E-state index in [0.29, 0.717) is 0 Å². The number of rotatable bonds is 4. The standard InChI is InChI=1S/C13H21NO3/c1-13(2,3)17-12(16)9-8-11(15)14-10-6-4-5-7-10/h4-5,10H,6-9H2,1-3H3,(H,14,15). The lowest BCUT2D eigenvalue weighted by atomic mass is 10.2. The third kappa shape index (κ3) is 6.09. The molecular weight excluding hydrogens is 218 g/mol. The number of ether oxygens (including phenoxy) is 1. The van der Waals surface area contributed by atoms with Gasteiger partial charge in [-0.2, -0.15) is 0 Å². The van der Waals surface area contributed by atoms with Crippen molar-refractivity contribution in [3.63, 3.8) is 0 Å². The van der Waals surface area contributed by atoms with Crippen LogP contribution in [0.5, 0.6) is 0 Å². The minimum atomic E-state index is -0.483. The predicted molar refractivity (Wildman–Crippen MR) is 65.4 cm³/mol. The second kappa shape index (κ2) is 5.84. The molecule has 0 heterocycles. The summed E-state index contributed by atoms with van der Waals surface area (Å²) in [6.45, 7) is 5.44. The van der Waals surface area contributed by atoms with Crippen molar-refractivity contribution in [3.8, 4) is 0 Å². The van der Waals surface area contributed by atoms with Gasteiger partial charge in [-0.15, -0.1) is 0 Å². The minimum Gasteiger partial charge on any atom is -0.460 e. The Morgan fingerprint density at radius 2 is 1.82 bits per heavy atom. The normalized spacial score (nSPS) is 15.9. The average molecular weight is 239 g/mol. The molecule has 1 amide bonds. The van der Waals surface area contributed by atoms with Crippen LogP contribution in [0.4, 0.5) is 0 Å². The predicted octanol–water partition coefficient (Wildman–Crippen LogP) is 1.94. The fraction of sp³-hybridized carbons (Fsp3) is 0.692. The van der Waals surface area contributed by atoms with Crippen molar-refractivity contribution in [2.45, 2.75) is 58.1 Å². The van der Waals surface area contributed by atoms with Gasteiger partial charge in [0, 0.05) is 12.5 Å².